The minimum atomic E-state index is 0.703. The van der Waals surface area contributed by atoms with E-state index >= 15 is 0 Å². The Morgan fingerprint density at radius 1 is 1.07 bits per heavy atom. The molecule has 0 N–H and O–H groups in total. The molecule has 2 rings (SSSR count). The van der Waals surface area contributed by atoms with Gasteiger partial charge < -0.3 is 14.6 Å². The van der Waals surface area contributed by atoms with Crippen molar-refractivity contribution in [2.75, 3.05) is 32.7 Å². The van der Waals surface area contributed by atoms with Gasteiger partial charge in [-0.1, -0.05) is 0 Å². The second kappa shape index (κ2) is 5.61. The van der Waals surface area contributed by atoms with Gasteiger partial charge in [-0.05, 0) is 51.9 Å². The number of carbonyl (C=O) groups is 1. The summed E-state index contributed by atoms with van der Waals surface area (Å²) >= 11 is 0. The van der Waals surface area contributed by atoms with Crippen molar-refractivity contribution in [3.05, 3.63) is 0 Å². The second-order valence-electron chi connectivity index (χ2n) is 4.77. The Balaban J connectivity index is 1.69. The van der Waals surface area contributed by atoms with Crippen LogP contribution in [0.4, 0.5) is 0 Å². The van der Waals surface area contributed by atoms with Gasteiger partial charge in [0.25, 0.3) is 0 Å². The normalized spacial score (nSPS) is 25.9. The summed E-state index contributed by atoms with van der Waals surface area (Å²) in [7, 11) is 0. The molecule has 3 nitrogen and oxygen atoms in total. The van der Waals surface area contributed by atoms with Crippen LogP contribution in [0.1, 0.15) is 32.1 Å². The largest absolute Gasteiger partial charge is 0.303 e. The second-order valence-corrected chi connectivity index (χ2v) is 4.77. The van der Waals surface area contributed by atoms with E-state index in [4.69, 9.17) is 0 Å². The van der Waals surface area contributed by atoms with E-state index in [9.17, 15) is 4.79 Å². The SMILES string of the molecule is O=CCCN1CCC(N2CCCC2)CC1. The lowest BCUT2D eigenvalue weighted by molar-refractivity contribution is -0.108. The van der Waals surface area contributed by atoms with Crippen LogP contribution in [0.5, 0.6) is 0 Å². The first-order valence-corrected chi connectivity index (χ1v) is 6.30. The summed E-state index contributed by atoms with van der Waals surface area (Å²) in [4.78, 5) is 15.4. The molecule has 86 valence electrons. The minimum Gasteiger partial charge on any atom is -0.303 e. The van der Waals surface area contributed by atoms with Crippen molar-refractivity contribution in [2.45, 2.75) is 38.1 Å². The van der Waals surface area contributed by atoms with E-state index in [1.54, 1.807) is 0 Å². The lowest BCUT2D eigenvalue weighted by atomic mass is 10.0. The van der Waals surface area contributed by atoms with Crippen LogP contribution >= 0.6 is 0 Å². The number of likely N-dealkylation sites (tertiary alicyclic amines) is 2. The highest BCUT2D eigenvalue weighted by molar-refractivity contribution is 5.49. The predicted molar refractivity (Wildman–Crippen MR) is 61.0 cm³/mol. The first-order valence-electron chi connectivity index (χ1n) is 6.30. The number of aldehydes is 1. The Morgan fingerprint density at radius 3 is 2.33 bits per heavy atom. The Kier molecular flexibility index (Phi) is 4.15. The molecule has 0 radical (unpaired) electrons. The van der Waals surface area contributed by atoms with Crippen molar-refractivity contribution in [3.63, 3.8) is 0 Å². The number of rotatable bonds is 4. The van der Waals surface area contributed by atoms with E-state index in [1.807, 2.05) is 0 Å². The van der Waals surface area contributed by atoms with E-state index < -0.39 is 0 Å². The summed E-state index contributed by atoms with van der Waals surface area (Å²) in [6.45, 7) is 5.98. The van der Waals surface area contributed by atoms with Crippen LogP contribution in [0.15, 0.2) is 0 Å². The molecule has 0 aromatic rings. The fourth-order valence-electron chi connectivity index (χ4n) is 2.85. The van der Waals surface area contributed by atoms with Crippen LogP contribution in [-0.4, -0.2) is 54.9 Å². The van der Waals surface area contributed by atoms with Crippen LogP contribution in [0.3, 0.4) is 0 Å². The molecule has 0 unspecified atom stereocenters. The third-order valence-electron chi connectivity index (χ3n) is 3.78. The van der Waals surface area contributed by atoms with Crippen molar-refractivity contribution in [1.29, 1.82) is 0 Å². The van der Waals surface area contributed by atoms with Crippen molar-refractivity contribution in [3.8, 4) is 0 Å². The van der Waals surface area contributed by atoms with Crippen LogP contribution in [0.25, 0.3) is 0 Å². The Bertz CT molecular complexity index is 194. The molecule has 0 amide bonds. The van der Waals surface area contributed by atoms with Crippen molar-refractivity contribution >= 4 is 6.29 Å². The summed E-state index contributed by atoms with van der Waals surface area (Å²) in [5.74, 6) is 0. The topological polar surface area (TPSA) is 23.6 Å². The molecule has 0 aromatic heterocycles. The van der Waals surface area contributed by atoms with Crippen LogP contribution in [-0.2, 0) is 4.79 Å². The van der Waals surface area contributed by atoms with Gasteiger partial charge in [0.15, 0.2) is 0 Å². The smallest absolute Gasteiger partial charge is 0.121 e. The van der Waals surface area contributed by atoms with Crippen molar-refractivity contribution < 1.29 is 4.79 Å². The van der Waals surface area contributed by atoms with Gasteiger partial charge in [-0.3, -0.25) is 0 Å². The summed E-state index contributed by atoms with van der Waals surface area (Å²) in [6, 6.07) is 0.833. The fraction of sp³-hybridized carbons (Fsp3) is 0.917. The molecule has 3 heteroatoms. The maximum absolute atomic E-state index is 10.3. The zero-order valence-electron chi connectivity index (χ0n) is 9.53. The molecular weight excluding hydrogens is 188 g/mol. The van der Waals surface area contributed by atoms with E-state index in [-0.39, 0.29) is 0 Å². The number of hydrogen-bond acceptors (Lipinski definition) is 3. The molecule has 0 aliphatic carbocycles. The molecule has 0 saturated carbocycles. The Labute approximate surface area is 92.4 Å². The fourth-order valence-corrected chi connectivity index (χ4v) is 2.85. The molecule has 15 heavy (non-hydrogen) atoms. The predicted octanol–water partition coefficient (Wildman–Crippen LogP) is 1.14. The van der Waals surface area contributed by atoms with E-state index in [1.165, 1.54) is 51.9 Å². The third-order valence-corrected chi connectivity index (χ3v) is 3.78. The van der Waals surface area contributed by atoms with Crippen molar-refractivity contribution in [1.82, 2.24) is 9.80 Å². The number of hydrogen-bond donors (Lipinski definition) is 0. The van der Waals surface area contributed by atoms with Gasteiger partial charge in [0, 0.05) is 19.0 Å². The lowest BCUT2D eigenvalue weighted by Gasteiger charge is -2.36. The molecule has 0 atom stereocenters. The van der Waals surface area contributed by atoms with Gasteiger partial charge in [-0.2, -0.15) is 0 Å². The standard InChI is InChI=1S/C12H22N2O/c15-11-3-6-13-9-4-12(5-10-13)14-7-1-2-8-14/h11-12H,1-10H2. The summed E-state index contributed by atoms with van der Waals surface area (Å²) in [6.07, 6.45) is 7.13. The average molecular weight is 210 g/mol. The molecular formula is C12H22N2O. The first kappa shape index (κ1) is 11.1. The number of nitrogens with zero attached hydrogens (tertiary/aromatic N) is 2. The number of piperidine rings is 1. The van der Waals surface area contributed by atoms with Crippen LogP contribution in [0, 0.1) is 0 Å². The molecule has 2 fully saturated rings. The van der Waals surface area contributed by atoms with Gasteiger partial charge in [0.05, 0.1) is 0 Å². The van der Waals surface area contributed by atoms with Gasteiger partial charge in [0.2, 0.25) is 0 Å². The molecule has 0 aromatic carbocycles. The van der Waals surface area contributed by atoms with Crippen molar-refractivity contribution in [2.24, 2.45) is 0 Å². The Hall–Kier alpha value is -0.410. The summed E-state index contributed by atoms with van der Waals surface area (Å²) < 4.78 is 0. The molecule has 2 aliphatic heterocycles. The average Bonchev–Trinajstić information content (AvgIpc) is 2.80. The molecule has 0 spiro atoms. The summed E-state index contributed by atoms with van der Waals surface area (Å²) in [5.41, 5.74) is 0. The van der Waals surface area contributed by atoms with Gasteiger partial charge in [-0.15, -0.1) is 0 Å². The van der Waals surface area contributed by atoms with Gasteiger partial charge >= 0.3 is 0 Å². The molecule has 2 aliphatic rings. The maximum atomic E-state index is 10.3. The van der Waals surface area contributed by atoms with Crippen LogP contribution < -0.4 is 0 Å². The highest BCUT2D eigenvalue weighted by Crippen LogP contribution is 2.20. The van der Waals surface area contributed by atoms with E-state index in [0.29, 0.717) is 6.42 Å². The summed E-state index contributed by atoms with van der Waals surface area (Å²) in [5, 5.41) is 0. The van der Waals surface area contributed by atoms with Gasteiger partial charge in [0.1, 0.15) is 6.29 Å². The molecule has 2 saturated heterocycles. The molecule has 0 bridgehead atoms. The van der Waals surface area contributed by atoms with Gasteiger partial charge in [-0.25, -0.2) is 0 Å². The first-order chi connectivity index (χ1) is 7.40. The quantitative estimate of drug-likeness (QED) is 0.650. The molecule has 2 heterocycles. The highest BCUT2D eigenvalue weighted by Gasteiger charge is 2.25. The highest BCUT2D eigenvalue weighted by atomic mass is 16.1. The Morgan fingerprint density at radius 2 is 1.73 bits per heavy atom. The zero-order chi connectivity index (χ0) is 10.5. The maximum Gasteiger partial charge on any atom is 0.121 e. The monoisotopic (exact) mass is 210 g/mol. The lowest BCUT2D eigenvalue weighted by Crippen LogP contribution is -2.44. The van der Waals surface area contributed by atoms with Crippen LogP contribution in [0.2, 0.25) is 0 Å². The minimum absolute atomic E-state index is 0.703. The number of carbonyl (C=O) groups excluding carboxylic acids is 1. The van der Waals surface area contributed by atoms with E-state index in [0.717, 1.165) is 18.9 Å². The zero-order valence-corrected chi connectivity index (χ0v) is 9.53. The van der Waals surface area contributed by atoms with E-state index in [2.05, 4.69) is 9.80 Å². The third kappa shape index (κ3) is 3.02.